The summed E-state index contributed by atoms with van der Waals surface area (Å²) in [5.41, 5.74) is 3.00. The summed E-state index contributed by atoms with van der Waals surface area (Å²) in [6.45, 7) is 2.80. The molecule has 0 radical (unpaired) electrons. The van der Waals surface area contributed by atoms with Crippen molar-refractivity contribution >= 4 is 11.7 Å². The zero-order valence-electron chi connectivity index (χ0n) is 15.4. The van der Waals surface area contributed by atoms with E-state index in [1.165, 1.54) is 22.2 Å². The standard InChI is InChI=1S/C21H23F2N3O/c1-15-4-6-16(7-5-15)18-3-2-10-25(12-18)20(27)17-8-9-24-19(11-17)26-13-21(22,23)14-26/h4-9,11,18H,2-3,10,12-14H2,1H3. The number of amides is 1. The first-order valence-corrected chi connectivity index (χ1v) is 9.36. The van der Waals surface area contributed by atoms with E-state index in [4.69, 9.17) is 0 Å². The van der Waals surface area contributed by atoms with Gasteiger partial charge < -0.3 is 9.80 Å². The Hall–Kier alpha value is -2.50. The average Bonchev–Trinajstić information content (AvgIpc) is 2.66. The van der Waals surface area contributed by atoms with Crippen LogP contribution in [0.25, 0.3) is 0 Å². The van der Waals surface area contributed by atoms with Gasteiger partial charge in [0.1, 0.15) is 5.82 Å². The van der Waals surface area contributed by atoms with Crippen molar-refractivity contribution in [3.05, 3.63) is 59.3 Å². The van der Waals surface area contributed by atoms with Crippen LogP contribution in [0.5, 0.6) is 0 Å². The molecule has 1 unspecified atom stereocenters. The summed E-state index contributed by atoms with van der Waals surface area (Å²) in [5, 5.41) is 0. The van der Waals surface area contributed by atoms with Crippen LogP contribution in [0, 0.1) is 6.92 Å². The molecular formula is C21H23F2N3O. The molecule has 1 aromatic heterocycles. The number of carbonyl (C=O) groups is 1. The lowest BCUT2D eigenvalue weighted by atomic mass is 9.90. The topological polar surface area (TPSA) is 36.4 Å². The van der Waals surface area contributed by atoms with E-state index >= 15 is 0 Å². The van der Waals surface area contributed by atoms with Gasteiger partial charge in [0.05, 0.1) is 13.1 Å². The van der Waals surface area contributed by atoms with Gasteiger partial charge >= 0.3 is 0 Å². The number of hydrogen-bond acceptors (Lipinski definition) is 3. The van der Waals surface area contributed by atoms with Gasteiger partial charge in [-0.05, 0) is 37.5 Å². The molecule has 1 amide bonds. The zero-order valence-corrected chi connectivity index (χ0v) is 15.4. The number of anilines is 1. The van der Waals surface area contributed by atoms with Gasteiger partial charge in [-0.2, -0.15) is 0 Å². The molecule has 3 heterocycles. The highest BCUT2D eigenvalue weighted by atomic mass is 19.3. The van der Waals surface area contributed by atoms with E-state index in [1.54, 1.807) is 12.1 Å². The summed E-state index contributed by atoms with van der Waals surface area (Å²) >= 11 is 0. The molecule has 0 saturated carbocycles. The maximum absolute atomic E-state index is 13.1. The molecule has 27 heavy (non-hydrogen) atoms. The van der Waals surface area contributed by atoms with Crippen LogP contribution >= 0.6 is 0 Å². The van der Waals surface area contributed by atoms with Gasteiger partial charge in [0.15, 0.2) is 0 Å². The number of benzene rings is 1. The van der Waals surface area contributed by atoms with Gasteiger partial charge in [0, 0.05) is 30.8 Å². The molecule has 1 atom stereocenters. The zero-order chi connectivity index (χ0) is 19.0. The Labute approximate surface area is 157 Å². The van der Waals surface area contributed by atoms with Crippen molar-refractivity contribution in [3.63, 3.8) is 0 Å². The number of aryl methyl sites for hydroxylation is 1. The monoisotopic (exact) mass is 371 g/mol. The quantitative estimate of drug-likeness (QED) is 0.822. The van der Waals surface area contributed by atoms with Crippen LogP contribution in [0.2, 0.25) is 0 Å². The van der Waals surface area contributed by atoms with Crippen LogP contribution in [0.1, 0.15) is 40.2 Å². The van der Waals surface area contributed by atoms with E-state index in [2.05, 4.69) is 36.2 Å². The van der Waals surface area contributed by atoms with Crippen LogP contribution < -0.4 is 4.90 Å². The molecular weight excluding hydrogens is 348 g/mol. The highest BCUT2D eigenvalue weighted by molar-refractivity contribution is 5.95. The van der Waals surface area contributed by atoms with Crippen molar-refractivity contribution in [2.45, 2.75) is 31.6 Å². The first-order valence-electron chi connectivity index (χ1n) is 9.36. The Morgan fingerprint density at radius 3 is 2.63 bits per heavy atom. The van der Waals surface area contributed by atoms with Crippen LogP contribution in [0.4, 0.5) is 14.6 Å². The van der Waals surface area contributed by atoms with Gasteiger partial charge in [-0.1, -0.05) is 29.8 Å². The largest absolute Gasteiger partial charge is 0.344 e. The summed E-state index contributed by atoms with van der Waals surface area (Å²) in [6.07, 6.45) is 3.55. The summed E-state index contributed by atoms with van der Waals surface area (Å²) < 4.78 is 26.2. The molecule has 2 saturated heterocycles. The Kier molecular flexibility index (Phi) is 4.58. The first-order chi connectivity index (χ1) is 12.9. The van der Waals surface area contributed by atoms with Crippen molar-refractivity contribution in [2.24, 2.45) is 0 Å². The number of pyridine rings is 1. The number of halogens is 2. The van der Waals surface area contributed by atoms with E-state index in [0.29, 0.717) is 23.8 Å². The molecule has 4 nitrogen and oxygen atoms in total. The average molecular weight is 371 g/mol. The van der Waals surface area contributed by atoms with Gasteiger partial charge in [-0.15, -0.1) is 0 Å². The highest BCUT2D eigenvalue weighted by Crippen LogP contribution is 2.32. The minimum absolute atomic E-state index is 0.0530. The number of hydrogen-bond donors (Lipinski definition) is 0. The third-order valence-electron chi connectivity index (χ3n) is 5.42. The van der Waals surface area contributed by atoms with Gasteiger partial charge in [-0.25, -0.2) is 13.8 Å². The van der Waals surface area contributed by atoms with E-state index in [1.807, 2.05) is 4.90 Å². The Balaban J connectivity index is 1.47. The molecule has 2 fully saturated rings. The molecule has 2 aliphatic rings. The van der Waals surface area contributed by atoms with E-state index in [-0.39, 0.29) is 19.0 Å². The minimum Gasteiger partial charge on any atom is -0.344 e. The molecule has 4 rings (SSSR count). The van der Waals surface area contributed by atoms with Crippen molar-refractivity contribution < 1.29 is 13.6 Å². The smallest absolute Gasteiger partial charge is 0.282 e. The summed E-state index contributed by atoms with van der Waals surface area (Å²) in [6, 6.07) is 11.8. The fourth-order valence-electron chi connectivity index (χ4n) is 3.85. The number of rotatable bonds is 3. The van der Waals surface area contributed by atoms with E-state index < -0.39 is 5.92 Å². The Bertz CT molecular complexity index is 830. The lowest BCUT2D eigenvalue weighted by Gasteiger charge is -2.39. The minimum atomic E-state index is -2.66. The van der Waals surface area contributed by atoms with Crippen molar-refractivity contribution in [1.82, 2.24) is 9.88 Å². The second-order valence-corrected chi connectivity index (χ2v) is 7.62. The number of piperidine rings is 1. The lowest BCUT2D eigenvalue weighted by Crippen LogP contribution is -2.56. The second-order valence-electron chi connectivity index (χ2n) is 7.62. The van der Waals surface area contributed by atoms with E-state index in [9.17, 15) is 13.6 Å². The van der Waals surface area contributed by atoms with Crippen LogP contribution in [0.15, 0.2) is 42.6 Å². The molecule has 2 aromatic rings. The Morgan fingerprint density at radius 2 is 1.93 bits per heavy atom. The predicted octanol–water partition coefficient (Wildman–Crippen LogP) is 3.87. The van der Waals surface area contributed by atoms with Crippen LogP contribution in [0.3, 0.4) is 0 Å². The predicted molar refractivity (Wildman–Crippen MR) is 100 cm³/mol. The highest BCUT2D eigenvalue weighted by Gasteiger charge is 2.44. The molecule has 0 spiro atoms. The molecule has 0 bridgehead atoms. The molecule has 0 aliphatic carbocycles. The summed E-state index contributed by atoms with van der Waals surface area (Å²) in [4.78, 5) is 20.5. The number of carbonyl (C=O) groups excluding carboxylic acids is 1. The molecule has 2 aliphatic heterocycles. The van der Waals surface area contributed by atoms with E-state index in [0.717, 1.165) is 19.4 Å². The normalized spacial score (nSPS) is 21.7. The van der Waals surface area contributed by atoms with Crippen LogP contribution in [-0.2, 0) is 0 Å². The lowest BCUT2D eigenvalue weighted by molar-refractivity contribution is -0.0267. The first kappa shape index (κ1) is 17.9. The van der Waals surface area contributed by atoms with Crippen molar-refractivity contribution in [3.8, 4) is 0 Å². The molecule has 142 valence electrons. The van der Waals surface area contributed by atoms with Gasteiger partial charge in [-0.3, -0.25) is 4.79 Å². The SMILES string of the molecule is Cc1ccc(C2CCCN(C(=O)c3ccnc(N4CC(F)(F)C4)c3)C2)cc1. The number of likely N-dealkylation sites (tertiary alicyclic amines) is 1. The van der Waals surface area contributed by atoms with Gasteiger partial charge in [0.25, 0.3) is 11.8 Å². The fourth-order valence-corrected chi connectivity index (χ4v) is 3.85. The number of nitrogens with zero attached hydrogens (tertiary/aromatic N) is 3. The number of alkyl halides is 2. The third kappa shape index (κ3) is 3.80. The van der Waals surface area contributed by atoms with Crippen LogP contribution in [-0.4, -0.2) is 47.9 Å². The summed E-state index contributed by atoms with van der Waals surface area (Å²) in [5.74, 6) is -1.93. The maximum atomic E-state index is 13.1. The number of aromatic nitrogens is 1. The Morgan fingerprint density at radius 1 is 1.19 bits per heavy atom. The van der Waals surface area contributed by atoms with Gasteiger partial charge in [0.2, 0.25) is 0 Å². The van der Waals surface area contributed by atoms with Crippen molar-refractivity contribution in [2.75, 3.05) is 31.1 Å². The molecule has 6 heteroatoms. The molecule has 1 aromatic carbocycles. The maximum Gasteiger partial charge on any atom is 0.282 e. The van der Waals surface area contributed by atoms with Crippen molar-refractivity contribution in [1.29, 1.82) is 0 Å². The second kappa shape index (κ2) is 6.91. The molecule has 0 N–H and O–H groups in total. The fraction of sp³-hybridized carbons (Fsp3) is 0.429. The third-order valence-corrected chi connectivity index (χ3v) is 5.42. The summed E-state index contributed by atoms with van der Waals surface area (Å²) in [7, 11) is 0.